The highest BCUT2D eigenvalue weighted by molar-refractivity contribution is 5.98. The Hall–Kier alpha value is -4.10. The number of fused-ring (bicyclic) bond motifs is 2. The van der Waals surface area contributed by atoms with E-state index in [1.165, 1.54) is 0 Å². The number of benzene rings is 1. The van der Waals surface area contributed by atoms with Gasteiger partial charge in [0.1, 0.15) is 11.4 Å². The van der Waals surface area contributed by atoms with Crippen LogP contribution in [0.25, 0.3) is 44.6 Å². The number of H-pyrrole nitrogens is 2. The maximum absolute atomic E-state index is 16.0. The molecule has 3 aromatic heterocycles. The summed E-state index contributed by atoms with van der Waals surface area (Å²) in [6, 6.07) is 6.01. The van der Waals surface area contributed by atoms with Gasteiger partial charge in [-0.25, -0.2) is 9.37 Å². The maximum Gasteiger partial charge on any atom is 0.161 e. The lowest BCUT2D eigenvalue weighted by atomic mass is 10.0. The first-order chi connectivity index (χ1) is 17.1. The Morgan fingerprint density at radius 1 is 1.29 bits per heavy atom. The van der Waals surface area contributed by atoms with E-state index in [9.17, 15) is 0 Å². The number of pyridine rings is 1. The molecule has 3 N–H and O–H groups in total. The molecule has 1 aliphatic rings. The van der Waals surface area contributed by atoms with Crippen molar-refractivity contribution in [3.05, 3.63) is 90.1 Å². The van der Waals surface area contributed by atoms with Crippen LogP contribution in [0.5, 0.6) is 0 Å². The molecule has 3 heterocycles. The number of nitrogens with one attached hydrogen (secondary N) is 3. The van der Waals surface area contributed by atoms with Crippen LogP contribution in [0.15, 0.2) is 73.0 Å². The second-order valence-electron chi connectivity index (χ2n) is 8.31. The first-order valence-corrected chi connectivity index (χ1v) is 11.7. The molecular weight excluding hydrogens is 439 g/mol. The molecule has 6 nitrogen and oxygen atoms in total. The molecule has 0 aliphatic heterocycles. The predicted molar refractivity (Wildman–Crippen MR) is 141 cm³/mol. The molecular formula is C28H27FN6. The van der Waals surface area contributed by atoms with E-state index in [0.29, 0.717) is 34.5 Å². The van der Waals surface area contributed by atoms with Crippen LogP contribution in [0.2, 0.25) is 0 Å². The Labute approximate surface area is 203 Å². The zero-order valence-electron chi connectivity index (χ0n) is 19.8. The van der Waals surface area contributed by atoms with Crippen LogP contribution in [0.1, 0.15) is 31.5 Å². The minimum absolute atomic E-state index is 0.261. The lowest BCUT2D eigenvalue weighted by Crippen LogP contribution is -2.15. The molecule has 0 saturated carbocycles. The minimum atomic E-state index is -0.440. The van der Waals surface area contributed by atoms with E-state index in [4.69, 9.17) is 4.98 Å². The normalized spacial score (nSPS) is 14.3. The molecule has 1 aliphatic carbocycles. The van der Waals surface area contributed by atoms with Gasteiger partial charge in [0.05, 0.1) is 28.1 Å². The fourth-order valence-electron chi connectivity index (χ4n) is 4.32. The lowest BCUT2D eigenvalue weighted by Gasteiger charge is -2.08. The fourth-order valence-corrected chi connectivity index (χ4v) is 4.32. The van der Waals surface area contributed by atoms with Gasteiger partial charge < -0.3 is 10.3 Å². The second kappa shape index (κ2) is 9.64. The van der Waals surface area contributed by atoms with E-state index in [0.717, 1.165) is 40.7 Å². The monoisotopic (exact) mass is 466 g/mol. The van der Waals surface area contributed by atoms with Crippen molar-refractivity contribution in [2.24, 2.45) is 0 Å². The third-order valence-electron chi connectivity index (χ3n) is 6.13. The van der Waals surface area contributed by atoms with Gasteiger partial charge in [-0.2, -0.15) is 5.10 Å². The molecule has 0 fully saturated rings. The van der Waals surface area contributed by atoms with Crippen molar-refractivity contribution in [3.63, 3.8) is 0 Å². The van der Waals surface area contributed by atoms with Crippen molar-refractivity contribution in [1.29, 1.82) is 0 Å². The Bertz CT molecular complexity index is 1550. The quantitative estimate of drug-likeness (QED) is 0.274. The number of aromatic nitrogens is 5. The van der Waals surface area contributed by atoms with Gasteiger partial charge in [0.25, 0.3) is 0 Å². The summed E-state index contributed by atoms with van der Waals surface area (Å²) in [6.07, 6.45) is 14.4. The van der Waals surface area contributed by atoms with Crippen molar-refractivity contribution in [2.75, 3.05) is 13.1 Å². The summed E-state index contributed by atoms with van der Waals surface area (Å²) in [5.74, 6) is 0.0680. The molecule has 176 valence electrons. The molecule has 0 atom stereocenters. The average Bonchev–Trinajstić information content (AvgIpc) is 3.64. The van der Waals surface area contributed by atoms with E-state index in [1.54, 1.807) is 12.3 Å². The number of likely N-dealkylation sites (N-methyl/N-ethyl adjacent to an activating group) is 1. The van der Waals surface area contributed by atoms with Gasteiger partial charge in [0.2, 0.25) is 0 Å². The molecule has 0 unspecified atom stereocenters. The summed E-state index contributed by atoms with van der Waals surface area (Å²) in [6.45, 7) is 9.27. The van der Waals surface area contributed by atoms with E-state index in [1.807, 2.05) is 38.1 Å². The van der Waals surface area contributed by atoms with Crippen LogP contribution in [0.3, 0.4) is 0 Å². The summed E-state index contributed by atoms with van der Waals surface area (Å²) in [4.78, 5) is 12.6. The summed E-state index contributed by atoms with van der Waals surface area (Å²) in [5, 5.41) is 10.9. The summed E-state index contributed by atoms with van der Waals surface area (Å²) in [7, 11) is 0. The average molecular weight is 467 g/mol. The van der Waals surface area contributed by atoms with Crippen molar-refractivity contribution in [1.82, 2.24) is 30.5 Å². The summed E-state index contributed by atoms with van der Waals surface area (Å²) >= 11 is 0. The molecule has 0 amide bonds. The number of para-hydroxylation sites is 1. The van der Waals surface area contributed by atoms with Gasteiger partial charge >= 0.3 is 0 Å². The van der Waals surface area contributed by atoms with E-state index < -0.39 is 5.82 Å². The van der Waals surface area contributed by atoms with E-state index in [-0.39, 0.29) is 5.69 Å². The Kier molecular flexibility index (Phi) is 6.25. The van der Waals surface area contributed by atoms with Gasteiger partial charge in [0, 0.05) is 12.1 Å². The predicted octanol–water partition coefficient (Wildman–Crippen LogP) is 6.11. The van der Waals surface area contributed by atoms with Crippen molar-refractivity contribution in [3.8, 4) is 11.5 Å². The van der Waals surface area contributed by atoms with Gasteiger partial charge in [-0.3, -0.25) is 10.1 Å². The Morgan fingerprint density at radius 2 is 2.17 bits per heavy atom. The lowest BCUT2D eigenvalue weighted by molar-refractivity contribution is 0.630. The van der Waals surface area contributed by atoms with Gasteiger partial charge in [-0.05, 0) is 48.8 Å². The highest BCUT2D eigenvalue weighted by Gasteiger charge is 2.21. The summed E-state index contributed by atoms with van der Waals surface area (Å²) in [5.41, 5.74) is 6.72. The van der Waals surface area contributed by atoms with Gasteiger partial charge in [-0.15, -0.1) is 0 Å². The smallest absolute Gasteiger partial charge is 0.161 e. The third kappa shape index (κ3) is 4.15. The van der Waals surface area contributed by atoms with Crippen LogP contribution in [-0.4, -0.2) is 38.2 Å². The Balaban J connectivity index is 1.62. The van der Waals surface area contributed by atoms with Crippen LogP contribution < -0.4 is 5.32 Å². The van der Waals surface area contributed by atoms with Crippen molar-refractivity contribution in [2.45, 2.75) is 20.3 Å². The zero-order chi connectivity index (χ0) is 24.4. The van der Waals surface area contributed by atoms with Crippen molar-refractivity contribution < 1.29 is 4.39 Å². The molecule has 4 aromatic rings. The first kappa shape index (κ1) is 22.7. The van der Waals surface area contributed by atoms with E-state index >= 15 is 4.39 Å². The minimum Gasteiger partial charge on any atom is -0.337 e. The highest BCUT2D eigenvalue weighted by atomic mass is 19.1. The van der Waals surface area contributed by atoms with Crippen LogP contribution in [0.4, 0.5) is 4.39 Å². The Morgan fingerprint density at radius 3 is 2.91 bits per heavy atom. The van der Waals surface area contributed by atoms with Crippen LogP contribution >= 0.6 is 0 Å². The van der Waals surface area contributed by atoms with Gasteiger partial charge in [-0.1, -0.05) is 56.0 Å². The number of imidazole rings is 1. The molecule has 7 heteroatoms. The molecule has 0 bridgehead atoms. The number of halogens is 1. The molecule has 1 aromatic carbocycles. The first-order valence-electron chi connectivity index (χ1n) is 11.7. The number of hydrogen-bond donors (Lipinski definition) is 3. The number of nitrogens with zero attached hydrogens (tertiary/aromatic N) is 3. The second-order valence-corrected chi connectivity index (χ2v) is 8.31. The zero-order valence-corrected chi connectivity index (χ0v) is 19.8. The summed E-state index contributed by atoms with van der Waals surface area (Å²) < 4.78 is 16.0. The largest absolute Gasteiger partial charge is 0.337 e. The van der Waals surface area contributed by atoms with E-state index in [2.05, 4.69) is 56.4 Å². The van der Waals surface area contributed by atoms with Crippen LogP contribution in [0, 0.1) is 5.82 Å². The van der Waals surface area contributed by atoms with Crippen molar-refractivity contribution >= 4 is 33.1 Å². The van der Waals surface area contributed by atoms with Crippen LogP contribution in [-0.2, 0) is 0 Å². The number of aromatic amines is 2. The van der Waals surface area contributed by atoms with Gasteiger partial charge in [0.15, 0.2) is 11.6 Å². The number of rotatable bonds is 8. The SMILES string of the molecule is C=C/C(=C\C(=C/C)c1ncc2[nH]nc(-c3nc4c(C5=CCC=C5)cccc4[nH]3)c2c1F)CNCC. The molecule has 5 rings (SSSR count). The topological polar surface area (TPSA) is 82.3 Å². The fraction of sp³-hybridized carbons (Fsp3) is 0.179. The number of hydrogen-bond acceptors (Lipinski definition) is 4. The molecule has 0 saturated heterocycles. The molecule has 35 heavy (non-hydrogen) atoms. The molecule has 0 radical (unpaired) electrons. The highest BCUT2D eigenvalue weighted by Crippen LogP contribution is 2.34. The molecule has 0 spiro atoms. The third-order valence-corrected chi connectivity index (χ3v) is 6.13. The number of allylic oxidation sites excluding steroid dienone is 7. The standard InChI is InChI=1S/C28H27FN6/c1-4-17(15-30-6-3)14-18(5-2)25-24(29)23-22(16-31-25)34-35-27(23)28-32-21-13-9-12-20(26(21)33-28)19-10-7-8-11-19/h4-5,7,9-14,16,30H,1,6,8,15H2,2-3H3,(H,32,33)(H,34,35)/b17-14+,18-5+. The maximum atomic E-state index is 16.0.